The topological polar surface area (TPSA) is 38.3 Å². The molecule has 1 heterocycles. The van der Waals surface area contributed by atoms with Crippen LogP contribution in [-0.4, -0.2) is 37.8 Å². The van der Waals surface area contributed by atoms with Crippen molar-refractivity contribution in [3.63, 3.8) is 0 Å². The van der Waals surface area contributed by atoms with Gasteiger partial charge in [0.2, 0.25) is 0 Å². The van der Waals surface area contributed by atoms with Gasteiger partial charge in [-0.25, -0.2) is 0 Å². The van der Waals surface area contributed by atoms with E-state index < -0.39 is 23.4 Å². The largest absolute Gasteiger partial charge is 0.463 e. The molecule has 16 heavy (non-hydrogen) atoms. The number of amides is 1. The van der Waals surface area contributed by atoms with Gasteiger partial charge in [-0.3, -0.25) is 4.79 Å². The van der Waals surface area contributed by atoms with Crippen molar-refractivity contribution in [2.24, 2.45) is 5.41 Å². The highest BCUT2D eigenvalue weighted by atomic mass is 19.4. The maximum Gasteiger partial charge on any atom is 0.463 e. The number of hydrogen-bond acceptors (Lipinski definition) is 2. The van der Waals surface area contributed by atoms with Gasteiger partial charge in [-0.2, -0.15) is 22.0 Å². The Labute approximate surface area is 87.9 Å². The first-order chi connectivity index (χ1) is 7.08. The standard InChI is InChI=1S/C8H10F5NO2/c1-6(3-16-4-6)2-14-5(15)7(9,10)8(11,12)13/h2-4H2,1H3,(H,14,15). The maximum absolute atomic E-state index is 12.5. The number of nitrogens with one attached hydrogen (secondary N) is 1. The molecule has 0 aromatic heterocycles. The van der Waals surface area contributed by atoms with E-state index in [4.69, 9.17) is 4.74 Å². The van der Waals surface area contributed by atoms with Crippen molar-refractivity contribution in [1.82, 2.24) is 5.32 Å². The molecule has 0 spiro atoms. The average molecular weight is 247 g/mol. The van der Waals surface area contributed by atoms with Crippen molar-refractivity contribution in [2.75, 3.05) is 19.8 Å². The first kappa shape index (κ1) is 13.1. The molecule has 0 unspecified atom stereocenters. The Hall–Kier alpha value is -0.920. The predicted octanol–water partition coefficient (Wildman–Crippen LogP) is 1.34. The Bertz CT molecular complexity index is 285. The Kier molecular flexibility index (Phi) is 3.15. The van der Waals surface area contributed by atoms with Crippen LogP contribution in [0.5, 0.6) is 0 Å². The molecule has 1 fully saturated rings. The lowest BCUT2D eigenvalue weighted by molar-refractivity contribution is -0.270. The third kappa shape index (κ3) is 2.42. The minimum absolute atomic E-state index is 0.227. The number of hydrogen-bond donors (Lipinski definition) is 1. The van der Waals surface area contributed by atoms with Gasteiger partial charge in [0.25, 0.3) is 5.91 Å². The van der Waals surface area contributed by atoms with Gasteiger partial charge < -0.3 is 10.1 Å². The summed E-state index contributed by atoms with van der Waals surface area (Å²) in [4.78, 5) is 10.7. The molecule has 0 aromatic carbocycles. The Morgan fingerprint density at radius 2 is 1.81 bits per heavy atom. The van der Waals surface area contributed by atoms with Crippen LogP contribution in [0.1, 0.15) is 6.92 Å². The summed E-state index contributed by atoms with van der Waals surface area (Å²) in [6, 6.07) is 0. The molecule has 8 heteroatoms. The summed E-state index contributed by atoms with van der Waals surface area (Å²) in [5, 5.41) is 1.58. The number of ether oxygens (including phenoxy) is 1. The number of carbonyl (C=O) groups excluding carboxylic acids is 1. The van der Waals surface area contributed by atoms with Gasteiger partial charge in [0, 0.05) is 12.0 Å². The highest BCUT2D eigenvalue weighted by Gasteiger charge is 2.63. The van der Waals surface area contributed by atoms with Gasteiger partial charge in [0.1, 0.15) is 0 Å². The molecule has 0 radical (unpaired) electrons. The SMILES string of the molecule is CC1(CNC(=O)C(F)(F)C(F)(F)F)COC1. The number of halogens is 5. The number of carbonyl (C=O) groups is 1. The van der Waals surface area contributed by atoms with Crippen molar-refractivity contribution in [1.29, 1.82) is 0 Å². The normalized spacial score (nSPS) is 20.1. The summed E-state index contributed by atoms with van der Waals surface area (Å²) in [5.74, 6) is -7.68. The van der Waals surface area contributed by atoms with Crippen LogP contribution >= 0.6 is 0 Å². The fraction of sp³-hybridized carbons (Fsp3) is 0.875. The third-order valence-corrected chi connectivity index (χ3v) is 2.22. The van der Waals surface area contributed by atoms with Gasteiger partial charge in [-0.05, 0) is 0 Å². The second-order valence-corrected chi connectivity index (χ2v) is 4.06. The van der Waals surface area contributed by atoms with Gasteiger partial charge in [0.15, 0.2) is 0 Å². The zero-order valence-electron chi connectivity index (χ0n) is 8.33. The quantitative estimate of drug-likeness (QED) is 0.764. The zero-order chi connectivity index (χ0) is 12.6. The monoisotopic (exact) mass is 247 g/mol. The Balaban J connectivity index is 2.52. The van der Waals surface area contributed by atoms with Crippen molar-refractivity contribution in [3.8, 4) is 0 Å². The first-order valence-corrected chi connectivity index (χ1v) is 4.39. The second kappa shape index (κ2) is 3.83. The Morgan fingerprint density at radius 1 is 1.31 bits per heavy atom. The molecule has 1 saturated heterocycles. The van der Waals surface area contributed by atoms with Crippen LogP contribution in [-0.2, 0) is 9.53 Å². The molecular formula is C8H10F5NO2. The molecule has 1 rings (SSSR count). The summed E-state index contributed by atoms with van der Waals surface area (Å²) >= 11 is 0. The van der Waals surface area contributed by atoms with E-state index in [1.807, 2.05) is 0 Å². The smallest absolute Gasteiger partial charge is 0.380 e. The molecule has 94 valence electrons. The van der Waals surface area contributed by atoms with Gasteiger partial charge >= 0.3 is 12.1 Å². The van der Waals surface area contributed by atoms with Crippen molar-refractivity contribution >= 4 is 5.91 Å². The van der Waals surface area contributed by atoms with Crippen molar-refractivity contribution in [3.05, 3.63) is 0 Å². The summed E-state index contributed by atoms with van der Waals surface area (Å²) in [5.41, 5.74) is -0.558. The predicted molar refractivity (Wildman–Crippen MR) is 42.9 cm³/mol. The highest BCUT2D eigenvalue weighted by molar-refractivity contribution is 5.84. The lowest BCUT2D eigenvalue weighted by Gasteiger charge is -2.38. The van der Waals surface area contributed by atoms with Crippen LogP contribution < -0.4 is 5.32 Å². The van der Waals surface area contributed by atoms with Crippen LogP contribution in [0, 0.1) is 5.41 Å². The molecule has 1 amide bonds. The minimum Gasteiger partial charge on any atom is -0.380 e. The molecule has 1 aliphatic rings. The maximum atomic E-state index is 12.5. The highest BCUT2D eigenvalue weighted by Crippen LogP contribution is 2.35. The van der Waals surface area contributed by atoms with E-state index in [0.29, 0.717) is 0 Å². The second-order valence-electron chi connectivity index (χ2n) is 4.06. The van der Waals surface area contributed by atoms with E-state index in [2.05, 4.69) is 0 Å². The summed E-state index contributed by atoms with van der Waals surface area (Å²) < 4.78 is 65.0. The van der Waals surface area contributed by atoms with Crippen molar-refractivity contribution < 1.29 is 31.5 Å². The van der Waals surface area contributed by atoms with Gasteiger partial charge in [-0.15, -0.1) is 0 Å². The van der Waals surface area contributed by atoms with E-state index in [0.717, 1.165) is 0 Å². The lowest BCUT2D eigenvalue weighted by atomic mass is 9.89. The molecule has 1 aliphatic heterocycles. The molecule has 0 bridgehead atoms. The van der Waals surface area contributed by atoms with E-state index in [-0.39, 0.29) is 19.8 Å². The van der Waals surface area contributed by atoms with Crippen molar-refractivity contribution in [2.45, 2.75) is 19.0 Å². The minimum atomic E-state index is -5.87. The molecule has 3 nitrogen and oxygen atoms in total. The molecule has 0 aromatic rings. The fourth-order valence-electron chi connectivity index (χ4n) is 1.09. The molecule has 0 saturated carbocycles. The van der Waals surface area contributed by atoms with Crippen LogP contribution in [0.25, 0.3) is 0 Å². The molecule has 1 N–H and O–H groups in total. The third-order valence-electron chi connectivity index (χ3n) is 2.22. The lowest BCUT2D eigenvalue weighted by Crippen LogP contribution is -2.55. The van der Waals surface area contributed by atoms with Crippen LogP contribution in [0.2, 0.25) is 0 Å². The fourth-order valence-corrected chi connectivity index (χ4v) is 1.09. The van der Waals surface area contributed by atoms with E-state index in [9.17, 15) is 26.7 Å². The first-order valence-electron chi connectivity index (χ1n) is 4.39. The summed E-state index contributed by atoms with van der Waals surface area (Å²) in [6.45, 7) is 1.80. The number of alkyl halides is 5. The van der Waals surface area contributed by atoms with E-state index >= 15 is 0 Å². The van der Waals surface area contributed by atoms with Crippen LogP contribution in [0.15, 0.2) is 0 Å². The van der Waals surface area contributed by atoms with E-state index in [1.54, 1.807) is 12.2 Å². The van der Waals surface area contributed by atoms with Crippen LogP contribution in [0.4, 0.5) is 22.0 Å². The zero-order valence-corrected chi connectivity index (χ0v) is 8.33. The Morgan fingerprint density at radius 3 is 2.12 bits per heavy atom. The van der Waals surface area contributed by atoms with Gasteiger partial charge in [0.05, 0.1) is 13.2 Å². The molecule has 0 aliphatic carbocycles. The van der Waals surface area contributed by atoms with E-state index in [1.165, 1.54) is 0 Å². The molecule has 0 atom stereocenters. The summed E-state index contributed by atoms with van der Waals surface area (Å²) in [6.07, 6.45) is -5.87. The van der Waals surface area contributed by atoms with Crippen LogP contribution in [0.3, 0.4) is 0 Å². The summed E-state index contributed by atoms with van der Waals surface area (Å²) in [7, 11) is 0. The number of rotatable bonds is 3. The van der Waals surface area contributed by atoms with Gasteiger partial charge in [-0.1, -0.05) is 6.92 Å². The average Bonchev–Trinajstić information content (AvgIpc) is 2.09. The molecular weight excluding hydrogens is 237 g/mol.